The van der Waals surface area contributed by atoms with Crippen molar-refractivity contribution in [2.24, 2.45) is 11.1 Å². The predicted octanol–water partition coefficient (Wildman–Crippen LogP) is 0.366. The molecular formula is C9H14F2N2O2. The number of hydrogen-bond donors (Lipinski definition) is 1. The molecule has 4 nitrogen and oxygen atoms in total. The van der Waals surface area contributed by atoms with E-state index in [1.54, 1.807) is 13.8 Å². The Morgan fingerprint density at radius 1 is 1.47 bits per heavy atom. The van der Waals surface area contributed by atoms with E-state index in [1.807, 2.05) is 0 Å². The van der Waals surface area contributed by atoms with E-state index in [1.165, 1.54) is 0 Å². The number of carbonyl (C=O) groups excluding carboxylic acids is 2. The first-order valence-electron chi connectivity index (χ1n) is 4.62. The number of imide groups is 1. The van der Waals surface area contributed by atoms with Gasteiger partial charge in [0.2, 0.25) is 11.8 Å². The average Bonchev–Trinajstić information content (AvgIpc) is 2.28. The van der Waals surface area contributed by atoms with Crippen LogP contribution < -0.4 is 5.73 Å². The summed E-state index contributed by atoms with van der Waals surface area (Å²) in [5.41, 5.74) is 3.97. The molecule has 1 rings (SSSR count). The Morgan fingerprint density at radius 2 is 2.00 bits per heavy atom. The zero-order chi connectivity index (χ0) is 11.9. The van der Waals surface area contributed by atoms with Crippen LogP contribution in [0.2, 0.25) is 0 Å². The topological polar surface area (TPSA) is 63.4 Å². The van der Waals surface area contributed by atoms with E-state index in [-0.39, 0.29) is 6.42 Å². The van der Waals surface area contributed by atoms with Crippen molar-refractivity contribution < 1.29 is 18.4 Å². The third-order valence-electron chi connectivity index (χ3n) is 2.41. The van der Waals surface area contributed by atoms with Crippen molar-refractivity contribution in [3.8, 4) is 0 Å². The second-order valence-corrected chi connectivity index (χ2v) is 4.41. The van der Waals surface area contributed by atoms with Crippen LogP contribution in [-0.2, 0) is 9.59 Å². The fraction of sp³-hybridized carbons (Fsp3) is 0.778. The van der Waals surface area contributed by atoms with Gasteiger partial charge in [0.25, 0.3) is 5.92 Å². The molecule has 1 heterocycles. The van der Waals surface area contributed by atoms with E-state index in [0.29, 0.717) is 4.90 Å². The van der Waals surface area contributed by atoms with Crippen LogP contribution in [0.15, 0.2) is 0 Å². The van der Waals surface area contributed by atoms with Gasteiger partial charge in [-0.2, -0.15) is 0 Å². The Labute approximate surface area is 86.4 Å². The summed E-state index contributed by atoms with van der Waals surface area (Å²) in [6, 6.07) is 0. The third-order valence-corrected chi connectivity index (χ3v) is 2.41. The molecule has 0 spiro atoms. The highest BCUT2D eigenvalue weighted by Gasteiger charge is 2.47. The lowest BCUT2D eigenvalue weighted by Gasteiger charge is -2.22. The summed E-state index contributed by atoms with van der Waals surface area (Å²) in [6.07, 6.45) is -0.0213. The van der Waals surface area contributed by atoms with Crippen molar-refractivity contribution in [3.05, 3.63) is 0 Å². The van der Waals surface area contributed by atoms with Gasteiger partial charge in [-0.1, -0.05) is 13.8 Å². The lowest BCUT2D eigenvalue weighted by molar-refractivity contribution is -0.146. The monoisotopic (exact) mass is 220 g/mol. The number of alkyl halides is 2. The van der Waals surface area contributed by atoms with Crippen molar-refractivity contribution in [2.45, 2.75) is 26.2 Å². The summed E-state index contributed by atoms with van der Waals surface area (Å²) in [5, 5.41) is 0. The van der Waals surface area contributed by atoms with Gasteiger partial charge in [0.15, 0.2) is 0 Å². The molecule has 0 aromatic heterocycles. The molecule has 1 aliphatic rings. The van der Waals surface area contributed by atoms with E-state index >= 15 is 0 Å². The van der Waals surface area contributed by atoms with E-state index in [4.69, 9.17) is 5.73 Å². The van der Waals surface area contributed by atoms with Crippen LogP contribution in [0.1, 0.15) is 20.3 Å². The van der Waals surface area contributed by atoms with Crippen molar-refractivity contribution >= 4 is 11.8 Å². The lowest BCUT2D eigenvalue weighted by atomic mass is 9.92. The normalized spacial score (nSPS) is 21.3. The smallest absolute Gasteiger partial charge is 0.277 e. The Hall–Kier alpha value is -1.04. The van der Waals surface area contributed by atoms with E-state index in [0.717, 1.165) is 0 Å². The second kappa shape index (κ2) is 3.52. The minimum atomic E-state index is -3.20. The van der Waals surface area contributed by atoms with Crippen LogP contribution >= 0.6 is 0 Å². The minimum absolute atomic E-state index is 0.0213. The van der Waals surface area contributed by atoms with Crippen LogP contribution in [0.5, 0.6) is 0 Å². The maximum atomic E-state index is 12.9. The van der Waals surface area contributed by atoms with Crippen LogP contribution in [0.3, 0.4) is 0 Å². The molecule has 0 bridgehead atoms. The fourth-order valence-electron chi connectivity index (χ4n) is 1.48. The van der Waals surface area contributed by atoms with Crippen LogP contribution in [0.4, 0.5) is 8.78 Å². The van der Waals surface area contributed by atoms with Gasteiger partial charge in [-0.25, -0.2) is 8.78 Å². The van der Waals surface area contributed by atoms with Crippen molar-refractivity contribution in [3.63, 3.8) is 0 Å². The number of carbonyl (C=O) groups is 2. The zero-order valence-corrected chi connectivity index (χ0v) is 8.72. The molecule has 0 aromatic rings. The Bertz CT molecular complexity index is 302. The molecule has 0 saturated carbocycles. The van der Waals surface area contributed by atoms with Gasteiger partial charge in [0.05, 0.1) is 18.5 Å². The zero-order valence-electron chi connectivity index (χ0n) is 8.72. The molecule has 15 heavy (non-hydrogen) atoms. The highest BCUT2D eigenvalue weighted by Crippen LogP contribution is 2.32. The standard InChI is InChI=1S/C9H14F2N2O2/c1-8(2)3-6(14)13(7(8)15)5-9(10,11)4-12/h3-5,12H2,1-2H3. The van der Waals surface area contributed by atoms with E-state index in [9.17, 15) is 18.4 Å². The first kappa shape index (κ1) is 12.0. The summed E-state index contributed by atoms with van der Waals surface area (Å²) in [5.74, 6) is -4.31. The minimum Gasteiger partial charge on any atom is -0.325 e. The molecule has 2 N–H and O–H groups in total. The summed E-state index contributed by atoms with van der Waals surface area (Å²) in [4.78, 5) is 23.5. The van der Waals surface area contributed by atoms with Gasteiger partial charge in [0, 0.05) is 6.42 Å². The average molecular weight is 220 g/mol. The van der Waals surface area contributed by atoms with E-state index < -0.39 is 36.2 Å². The highest BCUT2D eigenvalue weighted by molar-refractivity contribution is 6.05. The Balaban J connectivity index is 2.81. The van der Waals surface area contributed by atoms with Crippen molar-refractivity contribution in [1.29, 1.82) is 0 Å². The number of nitrogens with two attached hydrogens (primary N) is 1. The summed E-state index contributed by atoms with van der Waals surface area (Å²) in [6.45, 7) is 1.34. The molecule has 0 unspecified atom stereocenters. The summed E-state index contributed by atoms with van der Waals surface area (Å²) in [7, 11) is 0. The molecule has 2 amide bonds. The maximum absolute atomic E-state index is 12.9. The van der Waals surface area contributed by atoms with Gasteiger partial charge in [-0.3, -0.25) is 14.5 Å². The van der Waals surface area contributed by atoms with Gasteiger partial charge in [-0.15, -0.1) is 0 Å². The third kappa shape index (κ3) is 2.31. The number of hydrogen-bond acceptors (Lipinski definition) is 3. The molecular weight excluding hydrogens is 206 g/mol. The fourth-order valence-corrected chi connectivity index (χ4v) is 1.48. The highest BCUT2D eigenvalue weighted by atomic mass is 19.3. The molecule has 0 aliphatic carbocycles. The Morgan fingerprint density at radius 3 is 2.33 bits per heavy atom. The predicted molar refractivity (Wildman–Crippen MR) is 49.1 cm³/mol. The van der Waals surface area contributed by atoms with E-state index in [2.05, 4.69) is 0 Å². The van der Waals surface area contributed by atoms with Gasteiger partial charge >= 0.3 is 0 Å². The molecule has 1 aliphatic heterocycles. The first-order chi connectivity index (χ1) is 6.69. The van der Waals surface area contributed by atoms with Gasteiger partial charge in [-0.05, 0) is 0 Å². The maximum Gasteiger partial charge on any atom is 0.277 e. The van der Waals surface area contributed by atoms with Crippen molar-refractivity contribution in [2.75, 3.05) is 13.1 Å². The number of likely N-dealkylation sites (tertiary alicyclic amines) is 1. The van der Waals surface area contributed by atoms with Gasteiger partial charge in [0.1, 0.15) is 0 Å². The number of nitrogens with zero attached hydrogens (tertiary/aromatic N) is 1. The lowest BCUT2D eigenvalue weighted by Crippen LogP contribution is -2.45. The number of amides is 2. The molecule has 0 radical (unpaired) electrons. The first-order valence-corrected chi connectivity index (χ1v) is 4.62. The molecule has 1 saturated heterocycles. The molecule has 86 valence electrons. The second-order valence-electron chi connectivity index (χ2n) is 4.41. The molecule has 1 fully saturated rings. The SMILES string of the molecule is CC1(C)CC(=O)N(CC(F)(F)CN)C1=O. The summed E-state index contributed by atoms with van der Waals surface area (Å²) >= 11 is 0. The number of halogens is 2. The summed E-state index contributed by atoms with van der Waals surface area (Å²) < 4.78 is 25.9. The van der Waals surface area contributed by atoms with Crippen LogP contribution in [-0.4, -0.2) is 35.7 Å². The largest absolute Gasteiger partial charge is 0.325 e. The molecule has 0 atom stereocenters. The Kier molecular flexibility index (Phi) is 2.82. The van der Waals surface area contributed by atoms with Crippen LogP contribution in [0.25, 0.3) is 0 Å². The molecule has 0 aromatic carbocycles. The quantitative estimate of drug-likeness (QED) is 0.699. The molecule has 6 heteroatoms. The van der Waals surface area contributed by atoms with Crippen LogP contribution in [0, 0.1) is 5.41 Å². The van der Waals surface area contributed by atoms with Gasteiger partial charge < -0.3 is 5.73 Å². The number of rotatable bonds is 3. The van der Waals surface area contributed by atoms with Crippen molar-refractivity contribution in [1.82, 2.24) is 4.90 Å².